The molecule has 0 saturated carbocycles. The molecule has 0 aliphatic carbocycles. The molecular formula is C19H21BrN2O5S. The Hall–Kier alpha value is -2.39. The first-order valence-electron chi connectivity index (χ1n) is 8.43. The molecule has 0 spiro atoms. The van der Waals surface area contributed by atoms with Gasteiger partial charge in [-0.25, -0.2) is 13.2 Å². The van der Waals surface area contributed by atoms with Crippen molar-refractivity contribution in [2.45, 2.75) is 13.8 Å². The van der Waals surface area contributed by atoms with E-state index >= 15 is 0 Å². The number of nitrogens with one attached hydrogen (secondary N) is 1. The second kappa shape index (κ2) is 9.20. The van der Waals surface area contributed by atoms with Gasteiger partial charge in [0.25, 0.3) is 0 Å². The van der Waals surface area contributed by atoms with E-state index in [9.17, 15) is 18.0 Å². The van der Waals surface area contributed by atoms with Crippen molar-refractivity contribution in [1.82, 2.24) is 0 Å². The van der Waals surface area contributed by atoms with Crippen molar-refractivity contribution < 1.29 is 22.7 Å². The van der Waals surface area contributed by atoms with Crippen LogP contribution in [-0.2, 0) is 19.6 Å². The zero-order valence-electron chi connectivity index (χ0n) is 15.7. The van der Waals surface area contributed by atoms with E-state index < -0.39 is 28.4 Å². The van der Waals surface area contributed by atoms with Gasteiger partial charge in [0.15, 0.2) is 0 Å². The zero-order valence-corrected chi connectivity index (χ0v) is 18.1. The van der Waals surface area contributed by atoms with Gasteiger partial charge in [-0.1, -0.05) is 28.1 Å². The number of hydrogen-bond acceptors (Lipinski definition) is 5. The Morgan fingerprint density at radius 1 is 1.18 bits per heavy atom. The molecule has 0 bridgehead atoms. The van der Waals surface area contributed by atoms with Crippen LogP contribution in [0.5, 0.6) is 0 Å². The largest absolute Gasteiger partial charge is 0.462 e. The summed E-state index contributed by atoms with van der Waals surface area (Å²) in [4.78, 5) is 24.6. The summed E-state index contributed by atoms with van der Waals surface area (Å²) in [5, 5.41) is 2.59. The van der Waals surface area contributed by atoms with Gasteiger partial charge >= 0.3 is 5.97 Å². The van der Waals surface area contributed by atoms with Crippen LogP contribution in [0, 0.1) is 6.92 Å². The lowest BCUT2D eigenvalue weighted by Gasteiger charge is -2.22. The molecular weight excluding hydrogens is 448 g/mol. The summed E-state index contributed by atoms with van der Waals surface area (Å²) in [6, 6.07) is 11.4. The standard InChI is InChI=1S/C19H21BrN2O5S/c1-4-27-19(24)15-7-5-6-8-17(15)21-18(23)12-22(28(3,25)26)14-9-10-16(20)13(2)11-14/h5-11H,4,12H2,1-3H3,(H,21,23). The number of hydrogen-bond donors (Lipinski definition) is 1. The molecule has 2 aromatic rings. The molecule has 9 heteroatoms. The molecule has 0 aromatic heterocycles. The van der Waals surface area contributed by atoms with Gasteiger partial charge in [0.05, 0.1) is 29.8 Å². The van der Waals surface area contributed by atoms with E-state index in [1.807, 2.05) is 6.92 Å². The summed E-state index contributed by atoms with van der Waals surface area (Å²) in [6.45, 7) is 3.27. The maximum atomic E-state index is 12.5. The molecule has 0 saturated heterocycles. The van der Waals surface area contributed by atoms with E-state index in [0.717, 1.165) is 20.6 Å². The number of sulfonamides is 1. The van der Waals surface area contributed by atoms with E-state index in [-0.39, 0.29) is 17.9 Å². The Kier molecular flexibility index (Phi) is 7.20. The number of para-hydroxylation sites is 1. The Labute approximate surface area is 172 Å². The number of carbonyl (C=O) groups excluding carboxylic acids is 2. The number of anilines is 2. The van der Waals surface area contributed by atoms with Crippen LogP contribution < -0.4 is 9.62 Å². The number of nitrogens with zero attached hydrogens (tertiary/aromatic N) is 1. The van der Waals surface area contributed by atoms with Crippen LogP contribution >= 0.6 is 15.9 Å². The predicted octanol–water partition coefficient (Wildman–Crippen LogP) is 3.34. The summed E-state index contributed by atoms with van der Waals surface area (Å²) in [7, 11) is -3.70. The van der Waals surface area contributed by atoms with Crippen molar-refractivity contribution in [1.29, 1.82) is 0 Å². The van der Waals surface area contributed by atoms with Crippen LogP contribution in [0.15, 0.2) is 46.9 Å². The highest BCUT2D eigenvalue weighted by Crippen LogP contribution is 2.25. The van der Waals surface area contributed by atoms with Crippen LogP contribution in [0.25, 0.3) is 0 Å². The summed E-state index contributed by atoms with van der Waals surface area (Å²) < 4.78 is 31.3. The minimum atomic E-state index is -3.70. The van der Waals surface area contributed by atoms with Gasteiger partial charge in [-0.05, 0) is 49.7 Å². The maximum absolute atomic E-state index is 12.5. The van der Waals surface area contributed by atoms with E-state index in [0.29, 0.717) is 5.69 Å². The molecule has 1 N–H and O–H groups in total. The van der Waals surface area contributed by atoms with Gasteiger partial charge in [-0.3, -0.25) is 9.10 Å². The summed E-state index contributed by atoms with van der Waals surface area (Å²) >= 11 is 3.37. The number of esters is 1. The fourth-order valence-corrected chi connectivity index (χ4v) is 3.58. The van der Waals surface area contributed by atoms with Gasteiger partial charge in [0.1, 0.15) is 6.54 Å². The Balaban J connectivity index is 2.26. The molecule has 2 rings (SSSR count). The van der Waals surface area contributed by atoms with Crippen LogP contribution in [0.3, 0.4) is 0 Å². The lowest BCUT2D eigenvalue weighted by atomic mass is 10.2. The third-order valence-corrected chi connectivity index (χ3v) is 5.84. The zero-order chi connectivity index (χ0) is 20.9. The van der Waals surface area contributed by atoms with Gasteiger partial charge in [-0.2, -0.15) is 0 Å². The molecule has 150 valence electrons. The monoisotopic (exact) mass is 468 g/mol. The molecule has 1 amide bonds. The SMILES string of the molecule is CCOC(=O)c1ccccc1NC(=O)CN(c1ccc(Br)c(C)c1)S(C)(=O)=O. The van der Waals surface area contributed by atoms with Gasteiger partial charge in [0, 0.05) is 4.47 Å². The minimum absolute atomic E-state index is 0.197. The molecule has 0 unspecified atom stereocenters. The highest BCUT2D eigenvalue weighted by atomic mass is 79.9. The number of carbonyl (C=O) groups is 2. The number of halogens is 1. The highest BCUT2D eigenvalue weighted by molar-refractivity contribution is 9.10. The molecule has 0 aliphatic heterocycles. The normalized spacial score (nSPS) is 11.0. The molecule has 0 fully saturated rings. The van der Waals surface area contributed by atoms with Crippen molar-refractivity contribution >= 4 is 49.2 Å². The van der Waals surface area contributed by atoms with Crippen molar-refractivity contribution in [2.24, 2.45) is 0 Å². The average molecular weight is 469 g/mol. The molecule has 0 atom stereocenters. The van der Waals surface area contributed by atoms with Crippen LogP contribution in [0.1, 0.15) is 22.8 Å². The van der Waals surface area contributed by atoms with Crippen LogP contribution in [0.4, 0.5) is 11.4 Å². The smallest absolute Gasteiger partial charge is 0.340 e. The molecule has 2 aromatic carbocycles. The van der Waals surface area contributed by atoms with Gasteiger partial charge < -0.3 is 10.1 Å². The Morgan fingerprint density at radius 3 is 2.46 bits per heavy atom. The first kappa shape index (κ1) is 21.9. The first-order chi connectivity index (χ1) is 13.1. The fraction of sp³-hybridized carbons (Fsp3) is 0.263. The molecule has 0 aliphatic rings. The fourth-order valence-electron chi connectivity index (χ4n) is 2.48. The third-order valence-electron chi connectivity index (χ3n) is 3.81. The van der Waals surface area contributed by atoms with Gasteiger partial charge in [-0.15, -0.1) is 0 Å². The predicted molar refractivity (Wildman–Crippen MR) is 112 cm³/mol. The molecule has 28 heavy (non-hydrogen) atoms. The van der Waals surface area contributed by atoms with Gasteiger partial charge in [0.2, 0.25) is 15.9 Å². The van der Waals surface area contributed by atoms with Crippen molar-refractivity contribution in [3.8, 4) is 0 Å². The first-order valence-corrected chi connectivity index (χ1v) is 11.1. The number of aryl methyl sites for hydroxylation is 1. The molecule has 7 nitrogen and oxygen atoms in total. The number of rotatable bonds is 7. The van der Waals surface area contributed by atoms with E-state index in [2.05, 4.69) is 21.2 Å². The van der Waals surface area contributed by atoms with E-state index in [1.165, 1.54) is 6.07 Å². The topological polar surface area (TPSA) is 92.8 Å². The molecule has 0 radical (unpaired) electrons. The number of amides is 1. The highest BCUT2D eigenvalue weighted by Gasteiger charge is 2.22. The lowest BCUT2D eigenvalue weighted by Crippen LogP contribution is -2.37. The summed E-state index contributed by atoms with van der Waals surface area (Å²) in [5.41, 5.74) is 1.66. The summed E-state index contributed by atoms with van der Waals surface area (Å²) in [6.07, 6.45) is 1.03. The Morgan fingerprint density at radius 2 is 1.86 bits per heavy atom. The average Bonchev–Trinajstić information content (AvgIpc) is 2.62. The molecule has 0 heterocycles. The van der Waals surface area contributed by atoms with E-state index in [4.69, 9.17) is 4.74 Å². The van der Waals surface area contributed by atoms with E-state index in [1.54, 1.807) is 43.3 Å². The summed E-state index contributed by atoms with van der Waals surface area (Å²) in [5.74, 6) is -1.15. The lowest BCUT2D eigenvalue weighted by molar-refractivity contribution is -0.114. The maximum Gasteiger partial charge on any atom is 0.340 e. The number of ether oxygens (including phenoxy) is 1. The van der Waals surface area contributed by atoms with Crippen LogP contribution in [-0.4, -0.2) is 39.7 Å². The number of benzene rings is 2. The van der Waals surface area contributed by atoms with Crippen molar-refractivity contribution in [3.63, 3.8) is 0 Å². The Bertz CT molecular complexity index is 992. The minimum Gasteiger partial charge on any atom is -0.462 e. The second-order valence-corrected chi connectivity index (χ2v) is 8.78. The van der Waals surface area contributed by atoms with Crippen LogP contribution in [0.2, 0.25) is 0 Å². The quantitative estimate of drug-likeness (QED) is 0.628. The van der Waals surface area contributed by atoms with Crippen molar-refractivity contribution in [2.75, 3.05) is 29.0 Å². The third kappa shape index (κ3) is 5.56. The van der Waals surface area contributed by atoms with Crippen molar-refractivity contribution in [3.05, 3.63) is 58.1 Å². The second-order valence-electron chi connectivity index (χ2n) is 6.02.